The summed E-state index contributed by atoms with van der Waals surface area (Å²) in [5.74, 6) is 1.20. The summed E-state index contributed by atoms with van der Waals surface area (Å²) in [5, 5.41) is 0. The highest BCUT2D eigenvalue weighted by Crippen LogP contribution is 2.35. The Balaban J connectivity index is 1.99. The number of hydrogen-bond donors (Lipinski definition) is 0. The summed E-state index contributed by atoms with van der Waals surface area (Å²) in [4.78, 5) is 21.9. The van der Waals surface area contributed by atoms with Crippen molar-refractivity contribution in [1.29, 1.82) is 0 Å². The van der Waals surface area contributed by atoms with E-state index in [1.165, 1.54) is 0 Å². The fourth-order valence-corrected chi connectivity index (χ4v) is 3.74. The Labute approximate surface area is 150 Å². The van der Waals surface area contributed by atoms with Crippen LogP contribution in [0, 0.1) is 5.41 Å². The van der Waals surface area contributed by atoms with Gasteiger partial charge in [0.15, 0.2) is 5.82 Å². The van der Waals surface area contributed by atoms with E-state index in [1.54, 1.807) is 0 Å². The summed E-state index contributed by atoms with van der Waals surface area (Å²) in [6.45, 7) is 9.81. The molecule has 1 saturated heterocycles. The highest BCUT2D eigenvalue weighted by Gasteiger charge is 2.39. The highest BCUT2D eigenvalue weighted by atomic mass is 16.2. The number of piperidine rings is 1. The van der Waals surface area contributed by atoms with Crippen LogP contribution >= 0.6 is 0 Å². The van der Waals surface area contributed by atoms with Crippen molar-refractivity contribution in [2.45, 2.75) is 46.0 Å². The minimum absolute atomic E-state index is 0.123. The first kappa shape index (κ1) is 17.8. The Hall–Kier alpha value is -2.04. The van der Waals surface area contributed by atoms with Crippen LogP contribution in [0.25, 0.3) is 5.52 Å². The fourth-order valence-electron chi connectivity index (χ4n) is 3.74. The number of carbonyl (C=O) groups is 1. The summed E-state index contributed by atoms with van der Waals surface area (Å²) >= 11 is 0. The van der Waals surface area contributed by atoms with Crippen molar-refractivity contribution < 1.29 is 4.79 Å². The van der Waals surface area contributed by atoms with Crippen molar-refractivity contribution in [2.24, 2.45) is 5.41 Å². The van der Waals surface area contributed by atoms with Crippen LogP contribution in [-0.4, -0.2) is 47.4 Å². The molecule has 1 atom stereocenters. The van der Waals surface area contributed by atoms with Gasteiger partial charge in [-0.3, -0.25) is 4.79 Å². The monoisotopic (exact) mass is 342 g/mol. The molecule has 3 rings (SSSR count). The molecule has 0 aromatic carbocycles. The van der Waals surface area contributed by atoms with Gasteiger partial charge in [-0.2, -0.15) is 0 Å². The van der Waals surface area contributed by atoms with Gasteiger partial charge < -0.3 is 14.2 Å². The van der Waals surface area contributed by atoms with Crippen LogP contribution in [0.2, 0.25) is 0 Å². The number of hydrogen-bond acceptors (Lipinski definition) is 3. The minimum Gasteiger partial charge on any atom is -0.361 e. The first-order chi connectivity index (χ1) is 11.6. The van der Waals surface area contributed by atoms with Crippen LogP contribution in [0.15, 0.2) is 24.5 Å². The van der Waals surface area contributed by atoms with Crippen molar-refractivity contribution in [3.8, 4) is 0 Å². The van der Waals surface area contributed by atoms with E-state index in [0.29, 0.717) is 0 Å². The fraction of sp³-hybridized carbons (Fsp3) is 0.600. The van der Waals surface area contributed by atoms with Gasteiger partial charge in [-0.15, -0.1) is 0 Å². The van der Waals surface area contributed by atoms with Gasteiger partial charge in [-0.05, 0) is 25.0 Å². The number of carbonyl (C=O) groups excluding carboxylic acids is 1. The second kappa shape index (κ2) is 6.04. The zero-order chi connectivity index (χ0) is 18.4. The largest absolute Gasteiger partial charge is 0.361 e. The van der Waals surface area contributed by atoms with E-state index >= 15 is 0 Å². The van der Waals surface area contributed by atoms with Crippen molar-refractivity contribution in [2.75, 3.05) is 32.1 Å². The Morgan fingerprint density at radius 1 is 1.32 bits per heavy atom. The maximum atomic E-state index is 12.8. The second-order valence-electron chi connectivity index (χ2n) is 8.79. The lowest BCUT2D eigenvalue weighted by Crippen LogP contribution is -2.50. The number of amides is 1. The maximum absolute atomic E-state index is 12.8. The molecule has 5 heteroatoms. The molecule has 1 aliphatic heterocycles. The van der Waals surface area contributed by atoms with E-state index in [0.717, 1.165) is 43.0 Å². The standard InChI is InChI=1S/C20H30N4O/c1-19(2,3)18(25)24-12-8-10-20(4,14-24)16-13-23-11-7-9-15(23)17(21-16)22(5)6/h7,9,11,13H,8,10,12,14H2,1-6H3/t20-/m0/s1. The smallest absolute Gasteiger partial charge is 0.227 e. The van der Waals surface area contributed by atoms with Crippen LogP contribution in [0.5, 0.6) is 0 Å². The zero-order valence-corrected chi connectivity index (χ0v) is 16.3. The maximum Gasteiger partial charge on any atom is 0.227 e. The van der Waals surface area contributed by atoms with E-state index in [1.807, 2.05) is 45.8 Å². The SMILES string of the molecule is CN(C)c1nc([C@@]2(C)CCCN(C(=O)C(C)(C)C)C2)cn2cccc12. The van der Waals surface area contributed by atoms with Gasteiger partial charge in [-0.25, -0.2) is 4.98 Å². The molecule has 1 fully saturated rings. The molecule has 0 radical (unpaired) electrons. The molecule has 0 saturated carbocycles. The Kier molecular flexibility index (Phi) is 4.30. The lowest BCUT2D eigenvalue weighted by atomic mass is 9.78. The van der Waals surface area contributed by atoms with Gasteiger partial charge in [0.05, 0.1) is 11.2 Å². The molecule has 5 nitrogen and oxygen atoms in total. The van der Waals surface area contributed by atoms with E-state index < -0.39 is 0 Å². The normalized spacial score (nSPS) is 21.6. The Morgan fingerprint density at radius 2 is 2.04 bits per heavy atom. The Morgan fingerprint density at radius 3 is 2.68 bits per heavy atom. The van der Waals surface area contributed by atoms with Gasteiger partial charge in [0.25, 0.3) is 0 Å². The summed E-state index contributed by atoms with van der Waals surface area (Å²) in [5.41, 5.74) is 1.70. The zero-order valence-electron chi connectivity index (χ0n) is 16.3. The second-order valence-corrected chi connectivity index (χ2v) is 8.79. The molecule has 0 spiro atoms. The predicted molar refractivity (Wildman–Crippen MR) is 102 cm³/mol. The molecule has 1 amide bonds. The molecule has 2 aromatic rings. The first-order valence-corrected chi connectivity index (χ1v) is 9.07. The van der Waals surface area contributed by atoms with E-state index in [-0.39, 0.29) is 16.7 Å². The third-order valence-electron chi connectivity index (χ3n) is 5.16. The van der Waals surface area contributed by atoms with Gasteiger partial charge in [0.1, 0.15) is 0 Å². The molecular formula is C20H30N4O. The van der Waals surface area contributed by atoms with Gasteiger partial charge >= 0.3 is 0 Å². The Bertz CT molecular complexity index is 787. The molecular weight excluding hydrogens is 312 g/mol. The number of anilines is 1. The number of likely N-dealkylation sites (tertiary alicyclic amines) is 1. The number of aromatic nitrogens is 2. The van der Waals surface area contributed by atoms with Gasteiger partial charge in [0.2, 0.25) is 5.91 Å². The third-order valence-corrected chi connectivity index (χ3v) is 5.16. The van der Waals surface area contributed by atoms with E-state index in [2.05, 4.69) is 34.7 Å². The quantitative estimate of drug-likeness (QED) is 0.840. The summed E-state index contributed by atoms with van der Waals surface area (Å²) in [7, 11) is 4.05. The molecule has 136 valence electrons. The first-order valence-electron chi connectivity index (χ1n) is 9.07. The van der Waals surface area contributed by atoms with Crippen molar-refractivity contribution in [3.05, 3.63) is 30.2 Å². The van der Waals surface area contributed by atoms with Gasteiger partial charge in [0, 0.05) is 50.4 Å². The third kappa shape index (κ3) is 3.24. The van der Waals surface area contributed by atoms with Crippen molar-refractivity contribution in [3.63, 3.8) is 0 Å². The van der Waals surface area contributed by atoms with Crippen LogP contribution in [0.4, 0.5) is 5.82 Å². The van der Waals surface area contributed by atoms with Crippen molar-refractivity contribution >= 4 is 17.2 Å². The van der Waals surface area contributed by atoms with Crippen LogP contribution in [0.3, 0.4) is 0 Å². The molecule has 3 heterocycles. The summed E-state index contributed by atoms with van der Waals surface area (Å²) < 4.78 is 2.15. The van der Waals surface area contributed by atoms with E-state index in [9.17, 15) is 4.79 Å². The predicted octanol–water partition coefficient (Wildman–Crippen LogP) is 3.33. The lowest BCUT2D eigenvalue weighted by molar-refractivity contribution is -0.141. The van der Waals surface area contributed by atoms with Crippen LogP contribution < -0.4 is 4.90 Å². The number of nitrogens with zero attached hydrogens (tertiary/aromatic N) is 4. The van der Waals surface area contributed by atoms with Crippen LogP contribution in [0.1, 0.15) is 46.2 Å². The molecule has 2 aromatic heterocycles. The average Bonchev–Trinajstić information content (AvgIpc) is 3.00. The number of fused-ring (bicyclic) bond motifs is 1. The molecule has 0 unspecified atom stereocenters. The van der Waals surface area contributed by atoms with Gasteiger partial charge in [-0.1, -0.05) is 27.7 Å². The van der Waals surface area contributed by atoms with Crippen LogP contribution in [-0.2, 0) is 10.2 Å². The molecule has 25 heavy (non-hydrogen) atoms. The van der Waals surface area contributed by atoms with Crippen molar-refractivity contribution in [1.82, 2.24) is 14.3 Å². The average molecular weight is 342 g/mol. The topological polar surface area (TPSA) is 40.9 Å². The lowest BCUT2D eigenvalue weighted by Gasteiger charge is -2.42. The molecule has 0 aliphatic carbocycles. The molecule has 0 N–H and O–H groups in total. The highest BCUT2D eigenvalue weighted by molar-refractivity contribution is 5.81. The summed E-state index contributed by atoms with van der Waals surface area (Å²) in [6.07, 6.45) is 6.26. The minimum atomic E-state index is -0.342. The molecule has 1 aliphatic rings. The summed E-state index contributed by atoms with van der Waals surface area (Å²) in [6, 6.07) is 4.14. The number of rotatable bonds is 2. The molecule has 0 bridgehead atoms. The van der Waals surface area contributed by atoms with E-state index in [4.69, 9.17) is 4.98 Å².